The van der Waals surface area contributed by atoms with Gasteiger partial charge in [0.25, 0.3) is 5.69 Å². The Morgan fingerprint density at radius 2 is 2.00 bits per heavy atom. The molecule has 25 heavy (non-hydrogen) atoms. The number of anilines is 1. The topological polar surface area (TPSA) is 81.5 Å². The van der Waals surface area contributed by atoms with Crippen LogP contribution in [0.2, 0.25) is 5.02 Å². The second-order valence-corrected chi connectivity index (χ2v) is 6.10. The van der Waals surface area contributed by atoms with Crippen LogP contribution in [0.25, 0.3) is 0 Å². The molecule has 2 rings (SSSR count). The number of nitro groups is 1. The van der Waals surface area contributed by atoms with E-state index in [2.05, 4.69) is 5.32 Å². The van der Waals surface area contributed by atoms with Gasteiger partial charge in [0.15, 0.2) is 0 Å². The summed E-state index contributed by atoms with van der Waals surface area (Å²) in [4.78, 5) is 22.2. The van der Waals surface area contributed by atoms with Crippen molar-refractivity contribution in [3.63, 3.8) is 0 Å². The minimum atomic E-state index is -0.587. The van der Waals surface area contributed by atoms with Crippen molar-refractivity contribution in [2.75, 3.05) is 11.9 Å². The highest BCUT2D eigenvalue weighted by atomic mass is 35.5. The average Bonchev–Trinajstić information content (AvgIpc) is 2.56. The number of carbonyl (C=O) groups excluding carboxylic acids is 1. The molecule has 0 radical (unpaired) electrons. The monoisotopic (exact) mass is 362 g/mol. The third kappa shape index (κ3) is 5.46. The first-order valence-corrected chi connectivity index (χ1v) is 8.18. The average molecular weight is 363 g/mol. The zero-order valence-corrected chi connectivity index (χ0v) is 14.8. The number of hydrogen-bond acceptors (Lipinski definition) is 4. The second-order valence-electron chi connectivity index (χ2n) is 5.69. The second kappa shape index (κ2) is 8.48. The van der Waals surface area contributed by atoms with E-state index in [0.717, 1.165) is 16.9 Å². The Balaban J connectivity index is 1.82. The number of nitro benzene ring substituents is 1. The van der Waals surface area contributed by atoms with Crippen molar-refractivity contribution >= 4 is 28.9 Å². The molecule has 0 aliphatic rings. The van der Waals surface area contributed by atoms with E-state index < -0.39 is 4.92 Å². The van der Waals surface area contributed by atoms with Gasteiger partial charge in [-0.05, 0) is 49.6 Å². The van der Waals surface area contributed by atoms with Gasteiger partial charge in [-0.1, -0.05) is 23.7 Å². The third-order valence-electron chi connectivity index (χ3n) is 3.58. The molecule has 0 saturated carbocycles. The van der Waals surface area contributed by atoms with E-state index in [9.17, 15) is 14.9 Å². The highest BCUT2D eigenvalue weighted by Crippen LogP contribution is 2.27. The molecule has 0 heterocycles. The van der Waals surface area contributed by atoms with Crippen LogP contribution in [0.5, 0.6) is 5.75 Å². The van der Waals surface area contributed by atoms with Crippen molar-refractivity contribution in [3.05, 3.63) is 62.7 Å². The first kappa shape index (κ1) is 18.7. The summed E-state index contributed by atoms with van der Waals surface area (Å²) < 4.78 is 5.70. The maximum Gasteiger partial charge on any atom is 0.289 e. The lowest BCUT2D eigenvalue weighted by Crippen LogP contribution is -2.13. The van der Waals surface area contributed by atoms with Crippen molar-refractivity contribution in [1.29, 1.82) is 0 Å². The number of rotatable bonds is 7. The summed E-state index contributed by atoms with van der Waals surface area (Å²) >= 11 is 5.74. The van der Waals surface area contributed by atoms with Gasteiger partial charge < -0.3 is 10.1 Å². The van der Waals surface area contributed by atoms with E-state index in [1.54, 1.807) is 0 Å². The molecule has 1 N–H and O–H groups in total. The lowest BCUT2D eigenvalue weighted by molar-refractivity contribution is -0.384. The van der Waals surface area contributed by atoms with Crippen molar-refractivity contribution in [2.24, 2.45) is 0 Å². The van der Waals surface area contributed by atoms with Gasteiger partial charge in [0, 0.05) is 18.2 Å². The maximum absolute atomic E-state index is 11.9. The Kier molecular flexibility index (Phi) is 6.36. The highest BCUT2D eigenvalue weighted by molar-refractivity contribution is 6.32. The Morgan fingerprint density at radius 3 is 2.72 bits per heavy atom. The number of amides is 1. The number of halogens is 1. The predicted octanol–water partition coefficient (Wildman–Crippen LogP) is 4.66. The number of ether oxygens (including phenoxy) is 1. The number of benzene rings is 2. The summed E-state index contributed by atoms with van der Waals surface area (Å²) in [5, 5.41) is 13.5. The Bertz CT molecular complexity index is 793. The smallest absolute Gasteiger partial charge is 0.289 e. The minimum absolute atomic E-state index is 0.0323. The molecule has 7 heteroatoms. The Hall–Kier alpha value is -2.60. The van der Waals surface area contributed by atoms with Crippen LogP contribution in [0.15, 0.2) is 36.4 Å². The molecular formula is C18H19ClN2O4. The molecule has 0 aliphatic heterocycles. The summed E-state index contributed by atoms with van der Waals surface area (Å²) in [5.74, 6) is 0.579. The van der Waals surface area contributed by atoms with Crippen LogP contribution >= 0.6 is 11.6 Å². The minimum Gasteiger partial charge on any atom is -0.493 e. The normalized spacial score (nSPS) is 10.4. The van der Waals surface area contributed by atoms with Crippen LogP contribution in [0.3, 0.4) is 0 Å². The van der Waals surface area contributed by atoms with E-state index in [1.165, 1.54) is 18.2 Å². The number of aryl methyl sites for hydroxylation is 2. The van der Waals surface area contributed by atoms with Crippen LogP contribution in [0.1, 0.15) is 24.0 Å². The van der Waals surface area contributed by atoms with Gasteiger partial charge >= 0.3 is 0 Å². The molecule has 0 aliphatic carbocycles. The van der Waals surface area contributed by atoms with Gasteiger partial charge in [0.2, 0.25) is 5.91 Å². The summed E-state index contributed by atoms with van der Waals surface area (Å²) in [5.41, 5.74) is 2.26. The highest BCUT2D eigenvalue weighted by Gasteiger charge is 2.13. The molecule has 1 amide bonds. The SMILES string of the molecule is Cc1ccc(C)c(OCCCC(=O)Nc2ccc(Cl)c([N+](=O)[O-])c2)c1. The number of nitrogens with one attached hydrogen (secondary N) is 1. The molecule has 0 atom stereocenters. The standard InChI is InChI=1S/C18H19ClN2O4/c1-12-5-6-13(2)17(10-12)25-9-3-4-18(22)20-14-7-8-15(19)16(11-14)21(23)24/h5-8,10-11H,3-4,9H2,1-2H3,(H,20,22). The molecule has 6 nitrogen and oxygen atoms in total. The fourth-order valence-electron chi connectivity index (χ4n) is 2.23. The largest absolute Gasteiger partial charge is 0.493 e. The number of carbonyl (C=O) groups is 1. The van der Waals surface area contributed by atoms with Crippen LogP contribution in [-0.4, -0.2) is 17.4 Å². The van der Waals surface area contributed by atoms with Gasteiger partial charge in [0.05, 0.1) is 11.5 Å². The summed E-state index contributed by atoms with van der Waals surface area (Å²) in [6.07, 6.45) is 0.788. The van der Waals surface area contributed by atoms with Crippen LogP contribution in [-0.2, 0) is 4.79 Å². The van der Waals surface area contributed by atoms with Gasteiger partial charge in [-0.25, -0.2) is 0 Å². The van der Waals surface area contributed by atoms with Crippen molar-refractivity contribution < 1.29 is 14.5 Å². The molecule has 0 unspecified atom stereocenters. The molecule has 132 valence electrons. The predicted molar refractivity (Wildman–Crippen MR) is 97.4 cm³/mol. The quantitative estimate of drug-likeness (QED) is 0.441. The van der Waals surface area contributed by atoms with Gasteiger partial charge in [0.1, 0.15) is 10.8 Å². The van der Waals surface area contributed by atoms with Crippen LogP contribution < -0.4 is 10.1 Å². The molecule has 2 aromatic rings. The number of hydrogen-bond donors (Lipinski definition) is 1. The fraction of sp³-hybridized carbons (Fsp3) is 0.278. The van der Waals surface area contributed by atoms with E-state index in [0.29, 0.717) is 18.7 Å². The third-order valence-corrected chi connectivity index (χ3v) is 3.90. The van der Waals surface area contributed by atoms with Crippen molar-refractivity contribution in [1.82, 2.24) is 0 Å². The molecular weight excluding hydrogens is 344 g/mol. The van der Waals surface area contributed by atoms with Gasteiger partial charge in [-0.2, -0.15) is 0 Å². The molecule has 0 saturated heterocycles. The first-order valence-electron chi connectivity index (χ1n) is 7.80. The maximum atomic E-state index is 11.9. The molecule has 0 spiro atoms. The van der Waals surface area contributed by atoms with E-state index in [4.69, 9.17) is 16.3 Å². The van der Waals surface area contributed by atoms with E-state index in [1.807, 2.05) is 32.0 Å². The summed E-state index contributed by atoms with van der Waals surface area (Å²) in [7, 11) is 0. The molecule has 0 fully saturated rings. The van der Waals surface area contributed by atoms with Gasteiger partial charge in [-0.3, -0.25) is 14.9 Å². The molecule has 0 bridgehead atoms. The fourth-order valence-corrected chi connectivity index (χ4v) is 2.42. The Labute approximate surface area is 150 Å². The zero-order valence-electron chi connectivity index (χ0n) is 14.0. The van der Waals surface area contributed by atoms with E-state index >= 15 is 0 Å². The first-order chi connectivity index (χ1) is 11.9. The van der Waals surface area contributed by atoms with Crippen molar-refractivity contribution in [3.8, 4) is 5.75 Å². The van der Waals surface area contributed by atoms with Crippen LogP contribution in [0, 0.1) is 24.0 Å². The summed E-state index contributed by atoms with van der Waals surface area (Å²) in [6.45, 7) is 4.37. The number of nitrogens with zero attached hydrogens (tertiary/aromatic N) is 1. The lowest BCUT2D eigenvalue weighted by atomic mass is 10.1. The van der Waals surface area contributed by atoms with Crippen LogP contribution in [0.4, 0.5) is 11.4 Å². The molecule has 2 aromatic carbocycles. The molecule has 0 aromatic heterocycles. The zero-order chi connectivity index (χ0) is 18.4. The van der Waals surface area contributed by atoms with E-state index in [-0.39, 0.29) is 23.0 Å². The van der Waals surface area contributed by atoms with Crippen molar-refractivity contribution in [2.45, 2.75) is 26.7 Å². The Morgan fingerprint density at radius 1 is 1.24 bits per heavy atom. The van der Waals surface area contributed by atoms with Gasteiger partial charge in [-0.15, -0.1) is 0 Å². The lowest BCUT2D eigenvalue weighted by Gasteiger charge is -2.10. The summed E-state index contributed by atoms with van der Waals surface area (Å²) in [6, 6.07) is 10.1.